The molecule has 1 atom stereocenters. The molecule has 2 aromatic carbocycles. The Labute approximate surface area is 174 Å². The molecule has 148 valence electrons. The predicted molar refractivity (Wildman–Crippen MR) is 112 cm³/mol. The van der Waals surface area contributed by atoms with Crippen LogP contribution in [0.15, 0.2) is 28.7 Å². The van der Waals surface area contributed by atoms with Gasteiger partial charge < -0.3 is 18.9 Å². The zero-order chi connectivity index (χ0) is 20.3. The molecule has 1 aliphatic heterocycles. The van der Waals surface area contributed by atoms with E-state index in [0.29, 0.717) is 23.8 Å². The fraction of sp³-hybridized carbons (Fsp3) is 0.364. The van der Waals surface area contributed by atoms with E-state index in [4.69, 9.17) is 25.4 Å². The SMILES string of the molecule is C#C[C@@H]1c2cc(OC)c(OC)cc2CCN1Cc1c(Br)ccc(OC)c1OC. The highest BCUT2D eigenvalue weighted by Gasteiger charge is 2.29. The molecule has 6 heteroatoms. The van der Waals surface area contributed by atoms with Gasteiger partial charge in [0.2, 0.25) is 0 Å². The summed E-state index contributed by atoms with van der Waals surface area (Å²) in [5.74, 6) is 5.77. The molecule has 0 saturated heterocycles. The van der Waals surface area contributed by atoms with Gasteiger partial charge in [0.15, 0.2) is 23.0 Å². The molecule has 0 N–H and O–H groups in total. The highest BCUT2D eigenvalue weighted by atomic mass is 79.9. The van der Waals surface area contributed by atoms with Crippen LogP contribution in [0.1, 0.15) is 22.7 Å². The molecule has 0 aliphatic carbocycles. The first-order chi connectivity index (χ1) is 13.6. The summed E-state index contributed by atoms with van der Waals surface area (Å²) in [6.07, 6.45) is 6.83. The fourth-order valence-electron chi connectivity index (χ4n) is 3.68. The van der Waals surface area contributed by atoms with E-state index in [1.165, 1.54) is 5.56 Å². The number of terminal acetylenes is 1. The van der Waals surface area contributed by atoms with Crippen molar-refractivity contribution in [3.05, 3.63) is 45.4 Å². The first-order valence-corrected chi connectivity index (χ1v) is 9.71. The Hall–Kier alpha value is -2.36. The topological polar surface area (TPSA) is 40.2 Å². The molecule has 3 rings (SSSR count). The van der Waals surface area contributed by atoms with Crippen LogP contribution in [-0.2, 0) is 13.0 Å². The predicted octanol–water partition coefficient (Wildman–Crippen LogP) is 4.22. The van der Waals surface area contributed by atoms with E-state index >= 15 is 0 Å². The summed E-state index contributed by atoms with van der Waals surface area (Å²) in [4.78, 5) is 2.26. The molecular formula is C22H24BrNO4. The Morgan fingerprint density at radius 3 is 2.32 bits per heavy atom. The smallest absolute Gasteiger partial charge is 0.166 e. The number of methoxy groups -OCH3 is 4. The van der Waals surface area contributed by atoms with E-state index in [0.717, 1.165) is 34.3 Å². The van der Waals surface area contributed by atoms with Crippen molar-refractivity contribution in [2.75, 3.05) is 35.0 Å². The molecule has 28 heavy (non-hydrogen) atoms. The fourth-order valence-corrected chi connectivity index (χ4v) is 4.12. The Balaban J connectivity index is 1.99. The van der Waals surface area contributed by atoms with Crippen LogP contribution < -0.4 is 18.9 Å². The number of hydrogen-bond donors (Lipinski definition) is 0. The lowest BCUT2D eigenvalue weighted by atomic mass is 9.91. The number of halogens is 1. The van der Waals surface area contributed by atoms with Crippen LogP contribution in [0.4, 0.5) is 0 Å². The van der Waals surface area contributed by atoms with Gasteiger partial charge in [-0.25, -0.2) is 0 Å². The minimum absolute atomic E-state index is 0.175. The third-order valence-electron chi connectivity index (χ3n) is 5.08. The number of ether oxygens (including phenoxy) is 4. The maximum atomic E-state index is 5.96. The second-order valence-electron chi connectivity index (χ2n) is 6.46. The Bertz CT molecular complexity index is 906. The zero-order valence-electron chi connectivity index (χ0n) is 16.5. The number of fused-ring (bicyclic) bond motifs is 1. The molecule has 0 amide bonds. The van der Waals surface area contributed by atoms with Gasteiger partial charge in [-0.3, -0.25) is 4.90 Å². The van der Waals surface area contributed by atoms with Gasteiger partial charge in [-0.1, -0.05) is 21.9 Å². The van der Waals surface area contributed by atoms with Crippen LogP contribution in [0.25, 0.3) is 0 Å². The largest absolute Gasteiger partial charge is 0.493 e. The maximum Gasteiger partial charge on any atom is 0.166 e. The van der Waals surface area contributed by atoms with Gasteiger partial charge in [-0.05, 0) is 41.8 Å². The molecule has 5 nitrogen and oxygen atoms in total. The number of hydrogen-bond acceptors (Lipinski definition) is 5. The molecule has 0 unspecified atom stereocenters. The lowest BCUT2D eigenvalue weighted by Gasteiger charge is -2.35. The van der Waals surface area contributed by atoms with Crippen molar-refractivity contribution in [1.82, 2.24) is 4.90 Å². The standard InChI is InChI=1S/C22H24BrNO4/c1-6-18-15-12-21(27-4)20(26-3)11-14(15)9-10-24(18)13-16-17(23)7-8-19(25-2)22(16)28-5/h1,7-8,11-12,18H,9-10,13H2,2-5H3/t18-/m1/s1. The lowest BCUT2D eigenvalue weighted by Crippen LogP contribution is -2.34. The summed E-state index contributed by atoms with van der Waals surface area (Å²) in [5, 5.41) is 0. The van der Waals surface area contributed by atoms with Gasteiger partial charge in [0.25, 0.3) is 0 Å². The van der Waals surface area contributed by atoms with Crippen molar-refractivity contribution in [3.8, 4) is 35.3 Å². The average molecular weight is 446 g/mol. The monoisotopic (exact) mass is 445 g/mol. The summed E-state index contributed by atoms with van der Waals surface area (Å²) in [6.45, 7) is 1.45. The van der Waals surface area contributed by atoms with Crippen LogP contribution in [0.3, 0.4) is 0 Å². The first-order valence-electron chi connectivity index (χ1n) is 8.92. The molecule has 0 spiro atoms. The second kappa shape index (κ2) is 8.76. The third kappa shape index (κ3) is 3.65. The van der Waals surface area contributed by atoms with Gasteiger partial charge in [0.1, 0.15) is 0 Å². The van der Waals surface area contributed by atoms with Crippen LogP contribution in [0.2, 0.25) is 0 Å². The van der Waals surface area contributed by atoms with Gasteiger partial charge in [-0.2, -0.15) is 0 Å². The number of nitrogens with zero attached hydrogens (tertiary/aromatic N) is 1. The van der Waals surface area contributed by atoms with E-state index in [9.17, 15) is 0 Å². The normalized spacial score (nSPS) is 16.1. The summed E-state index contributed by atoms with van der Waals surface area (Å²) in [6, 6.07) is 7.69. The number of rotatable bonds is 6. The highest BCUT2D eigenvalue weighted by Crippen LogP contribution is 2.41. The van der Waals surface area contributed by atoms with Crippen LogP contribution in [0, 0.1) is 12.3 Å². The molecule has 0 fully saturated rings. The summed E-state index contributed by atoms with van der Waals surface area (Å²) < 4.78 is 23.0. The van der Waals surface area contributed by atoms with Crippen LogP contribution in [0.5, 0.6) is 23.0 Å². The summed E-state index contributed by atoms with van der Waals surface area (Å²) in [7, 11) is 6.56. The van der Waals surface area contributed by atoms with Crippen molar-refractivity contribution in [3.63, 3.8) is 0 Å². The minimum atomic E-state index is -0.175. The molecule has 2 aromatic rings. The van der Waals surface area contributed by atoms with Crippen LogP contribution >= 0.6 is 15.9 Å². The van der Waals surface area contributed by atoms with Crippen molar-refractivity contribution in [2.45, 2.75) is 19.0 Å². The van der Waals surface area contributed by atoms with Gasteiger partial charge in [0.05, 0.1) is 34.5 Å². The average Bonchev–Trinajstić information content (AvgIpc) is 2.73. The van der Waals surface area contributed by atoms with E-state index in [1.54, 1.807) is 28.4 Å². The Kier molecular flexibility index (Phi) is 6.38. The molecular weight excluding hydrogens is 422 g/mol. The van der Waals surface area contributed by atoms with Crippen LogP contribution in [-0.4, -0.2) is 39.9 Å². The van der Waals surface area contributed by atoms with Gasteiger partial charge in [0, 0.05) is 23.1 Å². The molecule has 1 heterocycles. The Morgan fingerprint density at radius 1 is 1.04 bits per heavy atom. The van der Waals surface area contributed by atoms with Gasteiger partial charge >= 0.3 is 0 Å². The van der Waals surface area contributed by atoms with Crippen molar-refractivity contribution >= 4 is 15.9 Å². The molecule has 0 radical (unpaired) electrons. The number of benzene rings is 2. The Morgan fingerprint density at radius 2 is 1.71 bits per heavy atom. The van der Waals surface area contributed by atoms with E-state index in [2.05, 4.69) is 26.8 Å². The first kappa shape index (κ1) is 20.4. The second-order valence-corrected chi connectivity index (χ2v) is 7.31. The maximum absolute atomic E-state index is 5.96. The lowest BCUT2D eigenvalue weighted by molar-refractivity contribution is 0.211. The van der Waals surface area contributed by atoms with Crippen molar-refractivity contribution in [2.24, 2.45) is 0 Å². The van der Waals surface area contributed by atoms with E-state index in [1.807, 2.05) is 24.3 Å². The molecule has 0 bridgehead atoms. The molecule has 1 aliphatic rings. The quantitative estimate of drug-likeness (QED) is 0.622. The summed E-state index contributed by atoms with van der Waals surface area (Å²) in [5.41, 5.74) is 3.27. The van der Waals surface area contributed by atoms with E-state index < -0.39 is 0 Å². The third-order valence-corrected chi connectivity index (χ3v) is 5.83. The van der Waals surface area contributed by atoms with Crippen molar-refractivity contribution < 1.29 is 18.9 Å². The minimum Gasteiger partial charge on any atom is -0.493 e. The highest BCUT2D eigenvalue weighted by molar-refractivity contribution is 9.10. The van der Waals surface area contributed by atoms with Gasteiger partial charge in [-0.15, -0.1) is 6.42 Å². The summed E-state index contributed by atoms with van der Waals surface area (Å²) >= 11 is 3.64. The zero-order valence-corrected chi connectivity index (χ0v) is 18.1. The molecule has 0 aromatic heterocycles. The molecule has 0 saturated carbocycles. The van der Waals surface area contributed by atoms with Crippen molar-refractivity contribution in [1.29, 1.82) is 0 Å². The van der Waals surface area contributed by atoms with E-state index in [-0.39, 0.29) is 6.04 Å².